The van der Waals surface area contributed by atoms with Crippen molar-refractivity contribution in [1.82, 2.24) is 19.7 Å². The summed E-state index contributed by atoms with van der Waals surface area (Å²) in [6, 6.07) is 1.86. The largest absolute Gasteiger partial charge is 0.347 e. The van der Waals surface area contributed by atoms with Crippen LogP contribution >= 0.6 is 0 Å². The van der Waals surface area contributed by atoms with Crippen LogP contribution in [0.5, 0.6) is 0 Å². The van der Waals surface area contributed by atoms with Gasteiger partial charge in [0, 0.05) is 24.8 Å². The van der Waals surface area contributed by atoms with Gasteiger partial charge in [0.05, 0.1) is 6.54 Å². The molecule has 0 bridgehead atoms. The Morgan fingerprint density at radius 1 is 1.39 bits per heavy atom. The molecule has 0 fully saturated rings. The van der Waals surface area contributed by atoms with E-state index in [-0.39, 0.29) is 0 Å². The van der Waals surface area contributed by atoms with E-state index in [0.717, 1.165) is 36.6 Å². The number of carbonyl (C=O) groups excluding carboxylic acids is 1. The van der Waals surface area contributed by atoms with Crippen LogP contribution in [0, 0.1) is 6.92 Å². The summed E-state index contributed by atoms with van der Waals surface area (Å²) >= 11 is 0. The molecule has 0 spiro atoms. The van der Waals surface area contributed by atoms with E-state index in [0.29, 0.717) is 12.1 Å². The number of aldehydes is 1. The predicted molar refractivity (Wildman–Crippen MR) is 65.4 cm³/mol. The van der Waals surface area contributed by atoms with Crippen molar-refractivity contribution < 1.29 is 4.79 Å². The number of nitrogens with zero attached hydrogens (tertiary/aromatic N) is 5. The average Bonchev–Trinajstić information content (AvgIpc) is 2.85. The number of fused-ring (bicyclic) bond motifs is 1. The molecule has 3 heterocycles. The minimum absolute atomic E-state index is 0.608. The Morgan fingerprint density at radius 3 is 3.06 bits per heavy atom. The molecular weight excluding hydrogens is 230 g/mol. The molecule has 0 unspecified atom stereocenters. The number of rotatable bonds is 2. The summed E-state index contributed by atoms with van der Waals surface area (Å²) in [6.07, 6.45) is 4.17. The maximum Gasteiger partial charge on any atom is 0.152 e. The van der Waals surface area contributed by atoms with E-state index in [9.17, 15) is 4.79 Å². The Hall–Kier alpha value is -2.24. The Morgan fingerprint density at radius 2 is 2.28 bits per heavy atom. The molecule has 2 aromatic heterocycles. The minimum Gasteiger partial charge on any atom is -0.347 e. The maximum atomic E-state index is 10.7. The van der Waals surface area contributed by atoms with Gasteiger partial charge in [-0.1, -0.05) is 0 Å². The third-order valence-corrected chi connectivity index (χ3v) is 3.15. The third kappa shape index (κ3) is 1.75. The van der Waals surface area contributed by atoms with Gasteiger partial charge in [-0.05, 0) is 18.6 Å². The molecule has 1 aliphatic rings. The van der Waals surface area contributed by atoms with Gasteiger partial charge in [0.1, 0.15) is 12.1 Å². The molecule has 0 saturated heterocycles. The molecule has 0 N–H and O–H groups in total. The Balaban J connectivity index is 1.90. The SMILES string of the molecule is Cc1cc(C=O)cnc1N1CCn2cnnc2C1. The molecular formula is C12H13N5O. The smallest absolute Gasteiger partial charge is 0.152 e. The van der Waals surface area contributed by atoms with Crippen LogP contribution in [-0.4, -0.2) is 32.6 Å². The third-order valence-electron chi connectivity index (χ3n) is 3.15. The van der Waals surface area contributed by atoms with Crippen molar-refractivity contribution in [3.63, 3.8) is 0 Å². The second-order valence-corrected chi connectivity index (χ2v) is 4.39. The van der Waals surface area contributed by atoms with Crippen LogP contribution in [-0.2, 0) is 13.1 Å². The van der Waals surface area contributed by atoms with Crippen molar-refractivity contribution in [2.45, 2.75) is 20.0 Å². The van der Waals surface area contributed by atoms with Crippen LogP contribution in [0.4, 0.5) is 5.82 Å². The highest BCUT2D eigenvalue weighted by molar-refractivity contribution is 5.75. The summed E-state index contributed by atoms with van der Waals surface area (Å²) in [5.74, 6) is 1.86. The zero-order valence-electron chi connectivity index (χ0n) is 10.1. The lowest BCUT2D eigenvalue weighted by atomic mass is 10.2. The fraction of sp³-hybridized carbons (Fsp3) is 0.333. The van der Waals surface area contributed by atoms with E-state index < -0.39 is 0 Å². The monoisotopic (exact) mass is 243 g/mol. The van der Waals surface area contributed by atoms with Crippen LogP contribution in [0.15, 0.2) is 18.6 Å². The molecule has 92 valence electrons. The van der Waals surface area contributed by atoms with Gasteiger partial charge in [0.2, 0.25) is 0 Å². The summed E-state index contributed by atoms with van der Waals surface area (Å²) in [4.78, 5) is 17.2. The van der Waals surface area contributed by atoms with E-state index in [2.05, 4.69) is 20.1 Å². The van der Waals surface area contributed by atoms with Gasteiger partial charge in [-0.25, -0.2) is 4.98 Å². The summed E-state index contributed by atoms with van der Waals surface area (Å²) in [7, 11) is 0. The van der Waals surface area contributed by atoms with Crippen molar-refractivity contribution in [3.8, 4) is 0 Å². The topological polar surface area (TPSA) is 63.9 Å². The number of hydrogen-bond donors (Lipinski definition) is 0. The normalized spacial score (nSPS) is 14.4. The van der Waals surface area contributed by atoms with Crippen LogP contribution in [0.3, 0.4) is 0 Å². The molecule has 0 radical (unpaired) electrons. The van der Waals surface area contributed by atoms with Crippen molar-refractivity contribution in [2.24, 2.45) is 0 Å². The first-order valence-corrected chi connectivity index (χ1v) is 5.81. The van der Waals surface area contributed by atoms with Gasteiger partial charge in [0.15, 0.2) is 12.1 Å². The van der Waals surface area contributed by atoms with Crippen molar-refractivity contribution in [3.05, 3.63) is 35.5 Å². The quantitative estimate of drug-likeness (QED) is 0.730. The fourth-order valence-corrected chi connectivity index (χ4v) is 2.23. The molecule has 18 heavy (non-hydrogen) atoms. The summed E-state index contributed by atoms with van der Waals surface area (Å²) in [6.45, 7) is 4.40. The number of carbonyl (C=O) groups is 1. The molecule has 1 aliphatic heterocycles. The zero-order chi connectivity index (χ0) is 12.5. The van der Waals surface area contributed by atoms with Gasteiger partial charge in [-0.15, -0.1) is 10.2 Å². The van der Waals surface area contributed by atoms with E-state index in [1.807, 2.05) is 17.6 Å². The first-order chi connectivity index (χ1) is 8.78. The molecule has 2 aromatic rings. The second-order valence-electron chi connectivity index (χ2n) is 4.39. The Bertz CT molecular complexity index is 592. The van der Waals surface area contributed by atoms with Crippen LogP contribution < -0.4 is 4.90 Å². The average molecular weight is 243 g/mol. The lowest BCUT2D eigenvalue weighted by Crippen LogP contribution is -2.34. The van der Waals surface area contributed by atoms with E-state index in [4.69, 9.17) is 0 Å². The molecule has 0 aromatic carbocycles. The Labute approximate surface area is 104 Å². The number of aryl methyl sites for hydroxylation is 1. The first-order valence-electron chi connectivity index (χ1n) is 5.81. The van der Waals surface area contributed by atoms with Gasteiger partial charge < -0.3 is 9.47 Å². The maximum absolute atomic E-state index is 10.7. The first kappa shape index (κ1) is 10.9. The molecule has 6 heteroatoms. The second kappa shape index (κ2) is 4.21. The molecule has 0 saturated carbocycles. The van der Waals surface area contributed by atoms with E-state index in [1.165, 1.54) is 0 Å². The molecule has 0 aliphatic carbocycles. The van der Waals surface area contributed by atoms with Crippen LogP contribution in [0.2, 0.25) is 0 Å². The van der Waals surface area contributed by atoms with Crippen molar-refractivity contribution in [1.29, 1.82) is 0 Å². The number of anilines is 1. The van der Waals surface area contributed by atoms with E-state index >= 15 is 0 Å². The van der Waals surface area contributed by atoms with Gasteiger partial charge >= 0.3 is 0 Å². The highest BCUT2D eigenvalue weighted by Crippen LogP contribution is 2.21. The summed E-state index contributed by atoms with van der Waals surface area (Å²) in [5.41, 5.74) is 1.61. The summed E-state index contributed by atoms with van der Waals surface area (Å²) < 4.78 is 2.05. The molecule has 3 rings (SSSR count). The summed E-state index contributed by atoms with van der Waals surface area (Å²) in [5, 5.41) is 7.98. The van der Waals surface area contributed by atoms with E-state index in [1.54, 1.807) is 12.5 Å². The highest BCUT2D eigenvalue weighted by Gasteiger charge is 2.19. The van der Waals surface area contributed by atoms with Gasteiger partial charge in [0.25, 0.3) is 0 Å². The van der Waals surface area contributed by atoms with Gasteiger partial charge in [-0.3, -0.25) is 4.79 Å². The Kier molecular flexibility index (Phi) is 2.55. The number of pyridine rings is 1. The fourth-order valence-electron chi connectivity index (χ4n) is 2.23. The molecule has 6 nitrogen and oxygen atoms in total. The van der Waals surface area contributed by atoms with Crippen LogP contribution in [0.1, 0.15) is 21.7 Å². The molecule has 0 atom stereocenters. The standard InChI is InChI=1S/C12H13N5O/c1-9-4-10(7-18)5-13-12(9)16-2-3-17-8-14-15-11(17)6-16/h4-5,7-8H,2-3,6H2,1H3. The molecule has 0 amide bonds. The van der Waals surface area contributed by atoms with Crippen molar-refractivity contribution in [2.75, 3.05) is 11.4 Å². The van der Waals surface area contributed by atoms with Crippen molar-refractivity contribution >= 4 is 12.1 Å². The lowest BCUT2D eigenvalue weighted by Gasteiger charge is -2.29. The number of hydrogen-bond acceptors (Lipinski definition) is 5. The zero-order valence-corrected chi connectivity index (χ0v) is 10.1. The van der Waals surface area contributed by atoms with Gasteiger partial charge in [-0.2, -0.15) is 0 Å². The van der Waals surface area contributed by atoms with Crippen LogP contribution in [0.25, 0.3) is 0 Å². The predicted octanol–water partition coefficient (Wildman–Crippen LogP) is 0.814. The highest BCUT2D eigenvalue weighted by atomic mass is 16.1. The number of aromatic nitrogens is 4. The lowest BCUT2D eigenvalue weighted by molar-refractivity contribution is 0.112. The minimum atomic E-state index is 0.608.